The van der Waals surface area contributed by atoms with Crippen LogP contribution in [0.5, 0.6) is 0 Å². The predicted molar refractivity (Wildman–Crippen MR) is 179 cm³/mol. The van der Waals surface area contributed by atoms with Crippen LogP contribution in [0.15, 0.2) is 121 Å². The van der Waals surface area contributed by atoms with Crippen molar-refractivity contribution in [3.8, 4) is 9.64 Å². The molecule has 0 saturated carbocycles. The van der Waals surface area contributed by atoms with Crippen LogP contribution in [0.3, 0.4) is 0 Å². The predicted octanol–water partition coefficient (Wildman–Crippen LogP) is 3.20. The van der Waals surface area contributed by atoms with Crippen LogP contribution in [0.25, 0.3) is 21.5 Å². The fourth-order valence-electron chi connectivity index (χ4n) is 4.50. The number of benzene rings is 6. The van der Waals surface area contributed by atoms with E-state index in [9.17, 15) is 0 Å². The van der Waals surface area contributed by atoms with Gasteiger partial charge in [-0.05, 0) is 0 Å². The number of fused-ring (bicyclic) bond motifs is 2. The summed E-state index contributed by atoms with van der Waals surface area (Å²) in [5, 5.41) is 5.49. The van der Waals surface area contributed by atoms with Crippen molar-refractivity contribution in [2.24, 2.45) is 0 Å². The van der Waals surface area contributed by atoms with Gasteiger partial charge in [0.1, 0.15) is 0 Å². The van der Waals surface area contributed by atoms with Gasteiger partial charge in [0.2, 0.25) is 0 Å². The minimum absolute atomic E-state index is 0.111. The first-order valence-corrected chi connectivity index (χ1v) is 19.9. The Morgan fingerprint density at radius 3 is 1.12 bits per heavy atom. The van der Waals surface area contributed by atoms with Crippen molar-refractivity contribution in [2.75, 3.05) is 0 Å². The van der Waals surface area contributed by atoms with Crippen LogP contribution in [-0.4, -0.2) is 59.8 Å². The van der Waals surface area contributed by atoms with Gasteiger partial charge >= 0.3 is 264 Å². The van der Waals surface area contributed by atoms with E-state index < -0.39 is 0 Å². The molecule has 0 heterocycles. The Hall–Kier alpha value is -2.52. The molecule has 4 heteroatoms. The molecule has 0 aromatic heterocycles. The second kappa shape index (κ2) is 13.0. The van der Waals surface area contributed by atoms with Gasteiger partial charge in [0.25, 0.3) is 0 Å². The molecule has 0 atom stereocenters. The molecule has 0 bridgehead atoms. The van der Waals surface area contributed by atoms with Crippen LogP contribution in [0.1, 0.15) is 11.1 Å². The van der Waals surface area contributed by atoms with Crippen LogP contribution in [0.4, 0.5) is 0 Å². The van der Waals surface area contributed by atoms with E-state index in [2.05, 4.69) is 145 Å². The third-order valence-corrected chi connectivity index (χ3v) is 14.9. The SMILES string of the molecule is Cc1ccc([Se]c2cccc3cccc([Se]C#C[Se]c4cccc5cccc([Se]c6ccc(C)cc6)c45)c23)cc1. The van der Waals surface area contributed by atoms with E-state index in [1.165, 1.54) is 59.4 Å². The summed E-state index contributed by atoms with van der Waals surface area (Å²) < 4.78 is 8.55. The Labute approximate surface area is 262 Å². The summed E-state index contributed by atoms with van der Waals surface area (Å²) in [5.74, 6) is 0. The van der Waals surface area contributed by atoms with Gasteiger partial charge in [0, 0.05) is 0 Å². The molecule has 6 aromatic carbocycles. The monoisotopic (exact) mass is 778 g/mol. The summed E-state index contributed by atoms with van der Waals surface area (Å²) in [6, 6.07) is 45.0. The van der Waals surface area contributed by atoms with Crippen molar-refractivity contribution in [3.63, 3.8) is 0 Å². The minimum atomic E-state index is 0.111. The Bertz CT molecular complexity index is 1710. The maximum absolute atomic E-state index is 3.63. The second-order valence-electron chi connectivity index (χ2n) is 9.46. The van der Waals surface area contributed by atoms with Gasteiger partial charge in [-0.1, -0.05) is 0 Å². The normalized spacial score (nSPS) is 10.9. The second-order valence-corrected chi connectivity index (χ2v) is 17.7. The van der Waals surface area contributed by atoms with Crippen molar-refractivity contribution in [3.05, 3.63) is 132 Å². The quantitative estimate of drug-likeness (QED) is 0.181. The summed E-state index contributed by atoms with van der Waals surface area (Å²) in [6.07, 6.45) is 0. The number of rotatable bonds is 6. The maximum atomic E-state index is 3.63. The van der Waals surface area contributed by atoms with Crippen molar-refractivity contribution in [1.29, 1.82) is 0 Å². The van der Waals surface area contributed by atoms with Crippen molar-refractivity contribution < 1.29 is 0 Å². The third kappa shape index (κ3) is 6.51. The van der Waals surface area contributed by atoms with Gasteiger partial charge in [-0.2, -0.15) is 0 Å². The van der Waals surface area contributed by atoms with E-state index in [1.807, 2.05) is 0 Å². The number of aryl methyl sites for hydroxylation is 2. The van der Waals surface area contributed by atoms with Gasteiger partial charge in [-0.3, -0.25) is 0 Å². The molecule has 0 saturated heterocycles. The van der Waals surface area contributed by atoms with Gasteiger partial charge in [0.15, 0.2) is 0 Å². The van der Waals surface area contributed by atoms with Crippen LogP contribution in [0.2, 0.25) is 0 Å². The first-order valence-electron chi connectivity index (χ1n) is 13.0. The number of hydrogen-bond acceptors (Lipinski definition) is 0. The zero-order valence-corrected chi connectivity index (χ0v) is 29.0. The average molecular weight is 774 g/mol. The molecule has 6 rings (SSSR count). The molecule has 0 aliphatic rings. The zero-order valence-electron chi connectivity index (χ0n) is 22.2. The summed E-state index contributed by atoms with van der Waals surface area (Å²) in [5.41, 5.74) is 2.63. The van der Waals surface area contributed by atoms with Gasteiger partial charge in [-0.15, -0.1) is 0 Å². The fraction of sp³-hybridized carbons (Fsp3) is 0.0556. The molecule has 40 heavy (non-hydrogen) atoms. The Balaban J connectivity index is 1.27. The van der Waals surface area contributed by atoms with Crippen LogP contribution in [0, 0.1) is 23.5 Å². The third-order valence-electron chi connectivity index (χ3n) is 6.52. The van der Waals surface area contributed by atoms with E-state index in [4.69, 9.17) is 0 Å². The summed E-state index contributed by atoms with van der Waals surface area (Å²) in [6.45, 7) is 4.30. The molecule has 0 aliphatic heterocycles. The van der Waals surface area contributed by atoms with Crippen LogP contribution < -0.4 is 26.8 Å². The molecule has 6 aromatic rings. The number of hydrogen-bond donors (Lipinski definition) is 0. The van der Waals surface area contributed by atoms with E-state index >= 15 is 0 Å². The van der Waals surface area contributed by atoms with Crippen molar-refractivity contribution in [1.82, 2.24) is 0 Å². The molecule has 0 amide bonds. The zero-order chi connectivity index (χ0) is 27.3. The Morgan fingerprint density at radius 1 is 0.400 bits per heavy atom. The topological polar surface area (TPSA) is 0 Å². The first kappa shape index (κ1) is 27.6. The van der Waals surface area contributed by atoms with E-state index in [0.29, 0.717) is 0 Å². The average Bonchev–Trinajstić information content (AvgIpc) is 2.98. The standard InChI is InChI=1S/C36H26Se4/c1-25-15-19-29(20-16-25)39-33-13-5-9-27-7-3-11-31(35(27)33)37-23-24-38-32-12-4-8-28-10-6-14-34(36(28)32)40-30-21-17-26(2)18-22-30/h3-22H,1-2H3. The molecule has 0 nitrogen and oxygen atoms in total. The molecule has 0 N–H and O–H groups in total. The van der Waals surface area contributed by atoms with Crippen LogP contribution in [-0.2, 0) is 0 Å². The van der Waals surface area contributed by atoms with E-state index in [0.717, 1.165) is 0 Å². The molecular formula is C36H26Se4. The molecule has 0 radical (unpaired) electrons. The summed E-state index contributed by atoms with van der Waals surface area (Å²) in [4.78, 5) is 7.27. The van der Waals surface area contributed by atoms with Crippen LogP contribution >= 0.6 is 0 Å². The van der Waals surface area contributed by atoms with Gasteiger partial charge in [0.05, 0.1) is 0 Å². The summed E-state index contributed by atoms with van der Waals surface area (Å²) in [7, 11) is 0. The fourth-order valence-corrected chi connectivity index (χ4v) is 12.9. The first-order chi connectivity index (χ1) is 19.6. The van der Waals surface area contributed by atoms with E-state index in [1.54, 1.807) is 0 Å². The molecule has 0 fully saturated rings. The van der Waals surface area contributed by atoms with Crippen molar-refractivity contribution >= 4 is 108 Å². The van der Waals surface area contributed by atoms with Gasteiger partial charge in [-0.25, -0.2) is 0 Å². The van der Waals surface area contributed by atoms with Gasteiger partial charge < -0.3 is 0 Å². The Kier molecular flexibility index (Phi) is 8.97. The van der Waals surface area contributed by atoms with E-state index in [-0.39, 0.29) is 59.8 Å². The molecule has 0 spiro atoms. The summed E-state index contributed by atoms with van der Waals surface area (Å²) >= 11 is 0.768. The molecule has 0 aliphatic carbocycles. The Morgan fingerprint density at radius 2 is 0.750 bits per heavy atom. The molecular weight excluding hydrogens is 748 g/mol. The molecule has 0 unspecified atom stereocenters. The van der Waals surface area contributed by atoms with Crippen molar-refractivity contribution in [2.45, 2.75) is 13.8 Å². The molecule has 194 valence electrons.